The topological polar surface area (TPSA) is 55.8 Å². The van der Waals surface area contributed by atoms with Crippen LogP contribution in [0.4, 0.5) is 0 Å². The van der Waals surface area contributed by atoms with Crippen LogP contribution in [0.5, 0.6) is 11.5 Å². The smallest absolute Gasteiger partial charge is 0.314 e. The predicted molar refractivity (Wildman–Crippen MR) is 56.6 cm³/mol. The van der Waals surface area contributed by atoms with E-state index in [1.54, 1.807) is 12.1 Å². The van der Waals surface area contributed by atoms with E-state index >= 15 is 0 Å². The summed E-state index contributed by atoms with van der Waals surface area (Å²) < 4.78 is 11.2. The van der Waals surface area contributed by atoms with Gasteiger partial charge >= 0.3 is 5.97 Å². The maximum Gasteiger partial charge on any atom is 0.314 e. The molecule has 4 nitrogen and oxygen atoms in total. The minimum atomic E-state index is -0.886. The van der Waals surface area contributed by atoms with Gasteiger partial charge in [0, 0.05) is 10.0 Å². The third kappa shape index (κ3) is 1.56. The summed E-state index contributed by atoms with van der Waals surface area (Å²) in [5, 5.41) is 9.01. The van der Waals surface area contributed by atoms with Crippen molar-refractivity contribution >= 4 is 21.9 Å². The SMILES string of the molecule is COc1ccc(Br)c2c1OCC2C(=O)O. The number of methoxy groups -OCH3 is 1. The van der Waals surface area contributed by atoms with Gasteiger partial charge in [-0.25, -0.2) is 0 Å². The highest BCUT2D eigenvalue weighted by Gasteiger charge is 2.34. The predicted octanol–water partition coefficient (Wildman–Crippen LogP) is 2.02. The van der Waals surface area contributed by atoms with E-state index in [0.717, 1.165) is 4.47 Å². The minimum absolute atomic E-state index is 0.156. The summed E-state index contributed by atoms with van der Waals surface area (Å²) >= 11 is 3.32. The number of carboxylic acids is 1. The first kappa shape index (κ1) is 10.3. The largest absolute Gasteiger partial charge is 0.493 e. The second kappa shape index (κ2) is 3.73. The first-order valence-corrected chi connectivity index (χ1v) is 5.16. The highest BCUT2D eigenvalue weighted by molar-refractivity contribution is 9.10. The number of rotatable bonds is 2. The van der Waals surface area contributed by atoms with Crippen molar-refractivity contribution in [2.75, 3.05) is 13.7 Å². The average molecular weight is 273 g/mol. The molecule has 0 bridgehead atoms. The van der Waals surface area contributed by atoms with E-state index in [-0.39, 0.29) is 6.61 Å². The zero-order chi connectivity index (χ0) is 11.0. The van der Waals surface area contributed by atoms with Crippen LogP contribution >= 0.6 is 15.9 Å². The van der Waals surface area contributed by atoms with Crippen molar-refractivity contribution in [3.05, 3.63) is 22.2 Å². The van der Waals surface area contributed by atoms with Gasteiger partial charge in [0.05, 0.1) is 7.11 Å². The Labute approximate surface area is 94.9 Å². The molecular formula is C10H9BrO4. The molecule has 5 heteroatoms. The number of fused-ring (bicyclic) bond motifs is 1. The zero-order valence-corrected chi connectivity index (χ0v) is 9.58. The Hall–Kier alpha value is -1.23. The lowest BCUT2D eigenvalue weighted by Crippen LogP contribution is -2.12. The molecule has 0 saturated heterocycles. The summed E-state index contributed by atoms with van der Waals surface area (Å²) in [6.07, 6.45) is 0. The van der Waals surface area contributed by atoms with E-state index in [2.05, 4.69) is 15.9 Å². The van der Waals surface area contributed by atoms with Gasteiger partial charge in [-0.05, 0) is 12.1 Å². The van der Waals surface area contributed by atoms with Crippen LogP contribution in [0.1, 0.15) is 11.5 Å². The Morgan fingerprint density at radius 1 is 1.67 bits per heavy atom. The molecule has 1 aromatic carbocycles. The number of halogens is 1. The first-order valence-electron chi connectivity index (χ1n) is 4.37. The van der Waals surface area contributed by atoms with Crippen molar-refractivity contribution in [1.82, 2.24) is 0 Å². The molecule has 2 rings (SSSR count). The standard InChI is InChI=1S/C10H9BrO4/c1-14-7-3-2-6(11)8-5(10(12)13)4-15-9(7)8/h2-3,5H,4H2,1H3,(H,12,13). The molecule has 1 aliphatic rings. The number of benzene rings is 1. The molecule has 1 aliphatic heterocycles. The molecule has 0 aromatic heterocycles. The Morgan fingerprint density at radius 2 is 2.40 bits per heavy atom. The molecule has 0 radical (unpaired) electrons. The zero-order valence-electron chi connectivity index (χ0n) is 7.99. The monoisotopic (exact) mass is 272 g/mol. The van der Waals surface area contributed by atoms with Gasteiger partial charge in [0.25, 0.3) is 0 Å². The van der Waals surface area contributed by atoms with Gasteiger partial charge in [-0.15, -0.1) is 0 Å². The molecule has 0 fully saturated rings. The highest BCUT2D eigenvalue weighted by Crippen LogP contribution is 2.45. The van der Waals surface area contributed by atoms with E-state index < -0.39 is 11.9 Å². The molecule has 15 heavy (non-hydrogen) atoms. The summed E-state index contributed by atoms with van der Waals surface area (Å²) in [7, 11) is 1.53. The normalized spacial score (nSPS) is 18.1. The van der Waals surface area contributed by atoms with Gasteiger partial charge in [-0.3, -0.25) is 4.79 Å². The van der Waals surface area contributed by atoms with Crippen molar-refractivity contribution in [2.24, 2.45) is 0 Å². The van der Waals surface area contributed by atoms with E-state index in [4.69, 9.17) is 14.6 Å². The molecule has 1 aromatic rings. The summed E-state index contributed by atoms with van der Waals surface area (Å²) in [5.41, 5.74) is 0.654. The molecule has 0 saturated carbocycles. The summed E-state index contributed by atoms with van der Waals surface area (Å²) in [6, 6.07) is 3.51. The van der Waals surface area contributed by atoms with Crippen LogP contribution in [0.15, 0.2) is 16.6 Å². The Bertz CT molecular complexity index is 416. The molecule has 0 aliphatic carbocycles. The van der Waals surface area contributed by atoms with Crippen molar-refractivity contribution in [1.29, 1.82) is 0 Å². The van der Waals surface area contributed by atoms with Crippen LogP contribution in [0.3, 0.4) is 0 Å². The molecule has 1 unspecified atom stereocenters. The fraction of sp³-hybridized carbons (Fsp3) is 0.300. The summed E-state index contributed by atoms with van der Waals surface area (Å²) in [6.45, 7) is 0.156. The second-order valence-corrected chi connectivity index (χ2v) is 4.05. The number of carboxylic acid groups (broad SMARTS) is 1. The number of carbonyl (C=O) groups is 1. The number of hydrogen-bond acceptors (Lipinski definition) is 3. The Balaban J connectivity index is 2.56. The Morgan fingerprint density at radius 3 is 3.00 bits per heavy atom. The van der Waals surface area contributed by atoms with Gasteiger partial charge in [-0.1, -0.05) is 15.9 Å². The first-order chi connectivity index (χ1) is 7.15. The molecule has 1 heterocycles. The lowest BCUT2D eigenvalue weighted by Gasteiger charge is -2.08. The maximum atomic E-state index is 11.0. The van der Waals surface area contributed by atoms with Crippen LogP contribution in [0, 0.1) is 0 Å². The quantitative estimate of drug-likeness (QED) is 0.895. The molecular weight excluding hydrogens is 264 g/mol. The van der Waals surface area contributed by atoms with Gasteiger partial charge < -0.3 is 14.6 Å². The van der Waals surface area contributed by atoms with Crippen molar-refractivity contribution in [3.8, 4) is 11.5 Å². The third-order valence-electron chi connectivity index (χ3n) is 2.37. The van der Waals surface area contributed by atoms with E-state index in [0.29, 0.717) is 17.1 Å². The van der Waals surface area contributed by atoms with Crippen molar-refractivity contribution in [3.63, 3.8) is 0 Å². The number of aliphatic carboxylic acids is 1. The van der Waals surface area contributed by atoms with E-state index in [1.807, 2.05) is 0 Å². The highest BCUT2D eigenvalue weighted by atomic mass is 79.9. The van der Waals surface area contributed by atoms with Crippen molar-refractivity contribution in [2.45, 2.75) is 5.92 Å². The van der Waals surface area contributed by atoms with Crippen LogP contribution in [-0.4, -0.2) is 24.8 Å². The molecule has 0 amide bonds. The summed E-state index contributed by atoms with van der Waals surface area (Å²) in [5.74, 6) is -0.414. The van der Waals surface area contributed by atoms with Gasteiger partial charge in [-0.2, -0.15) is 0 Å². The maximum absolute atomic E-state index is 11.0. The molecule has 0 spiro atoms. The number of hydrogen-bond donors (Lipinski definition) is 1. The second-order valence-electron chi connectivity index (χ2n) is 3.19. The van der Waals surface area contributed by atoms with Crippen molar-refractivity contribution < 1.29 is 19.4 Å². The van der Waals surface area contributed by atoms with Crippen LogP contribution in [0.2, 0.25) is 0 Å². The van der Waals surface area contributed by atoms with E-state index in [1.165, 1.54) is 7.11 Å². The Kier molecular flexibility index (Phi) is 2.56. The number of ether oxygens (including phenoxy) is 2. The lowest BCUT2D eigenvalue weighted by atomic mass is 10.0. The lowest BCUT2D eigenvalue weighted by molar-refractivity contribution is -0.139. The van der Waals surface area contributed by atoms with Gasteiger partial charge in [0.15, 0.2) is 11.5 Å². The molecule has 80 valence electrons. The van der Waals surface area contributed by atoms with Crippen LogP contribution < -0.4 is 9.47 Å². The van der Waals surface area contributed by atoms with Crippen LogP contribution in [-0.2, 0) is 4.79 Å². The van der Waals surface area contributed by atoms with Gasteiger partial charge in [0.1, 0.15) is 12.5 Å². The minimum Gasteiger partial charge on any atom is -0.493 e. The van der Waals surface area contributed by atoms with Crippen LogP contribution in [0.25, 0.3) is 0 Å². The fourth-order valence-electron chi connectivity index (χ4n) is 1.63. The molecule has 1 N–H and O–H groups in total. The third-order valence-corrected chi connectivity index (χ3v) is 3.06. The molecule has 1 atom stereocenters. The average Bonchev–Trinajstić information content (AvgIpc) is 2.63. The summed E-state index contributed by atoms with van der Waals surface area (Å²) in [4.78, 5) is 11.0. The fourth-order valence-corrected chi connectivity index (χ4v) is 2.22. The van der Waals surface area contributed by atoms with E-state index in [9.17, 15) is 4.79 Å². The van der Waals surface area contributed by atoms with Gasteiger partial charge in [0.2, 0.25) is 0 Å².